The summed E-state index contributed by atoms with van der Waals surface area (Å²) < 4.78 is 6.43. The molecule has 1 aromatic heterocycles. The van der Waals surface area contributed by atoms with Gasteiger partial charge in [0.15, 0.2) is 0 Å². The minimum absolute atomic E-state index is 0.00522. The summed E-state index contributed by atoms with van der Waals surface area (Å²) in [5.74, 6) is 0. The van der Waals surface area contributed by atoms with E-state index in [1.165, 1.54) is 55.6 Å². The fourth-order valence-electron chi connectivity index (χ4n) is 9.75. The van der Waals surface area contributed by atoms with Gasteiger partial charge >= 0.3 is 0 Å². The number of hydrogen-bond donors (Lipinski definition) is 0. The molecule has 8 aromatic carbocycles. The molecule has 2 heteroatoms. The highest BCUT2D eigenvalue weighted by atomic mass is 16.3. The standard InChI is InChI=1S/C54H41NO/c1-53(2)48-18-9-6-13-42(48)46-32-36(24-31-49(46)53)34-20-25-37(26-21-34)55(39-29-30-43-41-12-5-8-17-47(41)54(3,4)50(43)33-39)38-27-22-35(23-28-38)40-15-11-16-45-44-14-7-10-19-51(44)56-52(40)45/h5-33H,1-4H3. The molecule has 0 spiro atoms. The van der Waals surface area contributed by atoms with Gasteiger partial charge in [0.1, 0.15) is 11.2 Å². The van der Waals surface area contributed by atoms with Gasteiger partial charge in [-0.3, -0.25) is 0 Å². The molecule has 0 saturated carbocycles. The molecule has 0 saturated heterocycles. The Morgan fingerprint density at radius 1 is 0.357 bits per heavy atom. The van der Waals surface area contributed by atoms with Crippen molar-refractivity contribution >= 4 is 39.0 Å². The van der Waals surface area contributed by atoms with Gasteiger partial charge in [0.2, 0.25) is 0 Å². The summed E-state index contributed by atoms with van der Waals surface area (Å²) in [5, 5.41) is 2.28. The SMILES string of the molecule is CC1(C)c2ccccc2-c2cc(-c3ccc(N(c4ccc(-c5cccc6c5oc5ccccc56)cc4)c4ccc5c(c4)C(C)(C)c4ccccc4-5)cc3)ccc21. The van der Waals surface area contributed by atoms with Gasteiger partial charge in [0.05, 0.1) is 0 Å². The number of furan rings is 1. The van der Waals surface area contributed by atoms with Crippen LogP contribution in [0.3, 0.4) is 0 Å². The molecular weight excluding hydrogens is 679 g/mol. The zero-order valence-electron chi connectivity index (χ0n) is 32.1. The molecule has 0 N–H and O–H groups in total. The van der Waals surface area contributed by atoms with Gasteiger partial charge in [-0.25, -0.2) is 0 Å². The molecule has 0 radical (unpaired) electrons. The van der Waals surface area contributed by atoms with Gasteiger partial charge in [0, 0.05) is 44.2 Å². The largest absolute Gasteiger partial charge is 0.455 e. The van der Waals surface area contributed by atoms with E-state index in [1.807, 2.05) is 12.1 Å². The first-order valence-corrected chi connectivity index (χ1v) is 19.7. The second-order valence-corrected chi connectivity index (χ2v) is 16.5. The first-order valence-electron chi connectivity index (χ1n) is 19.7. The van der Waals surface area contributed by atoms with Crippen LogP contribution in [0.2, 0.25) is 0 Å². The van der Waals surface area contributed by atoms with Crippen molar-refractivity contribution in [3.8, 4) is 44.5 Å². The van der Waals surface area contributed by atoms with Crippen molar-refractivity contribution in [3.05, 3.63) is 198 Å². The Balaban J connectivity index is 1.01. The smallest absolute Gasteiger partial charge is 0.143 e. The van der Waals surface area contributed by atoms with Crippen LogP contribution >= 0.6 is 0 Å². The normalized spacial score (nSPS) is 14.4. The summed E-state index contributed by atoms with van der Waals surface area (Å²) in [4.78, 5) is 2.40. The van der Waals surface area contributed by atoms with Crippen molar-refractivity contribution in [1.82, 2.24) is 0 Å². The number of rotatable bonds is 5. The van der Waals surface area contributed by atoms with Gasteiger partial charge in [-0.1, -0.05) is 155 Å². The number of fused-ring (bicyclic) bond motifs is 9. The molecule has 0 fully saturated rings. The molecule has 11 rings (SSSR count). The van der Waals surface area contributed by atoms with Crippen LogP contribution in [0.1, 0.15) is 49.9 Å². The highest BCUT2D eigenvalue weighted by Gasteiger charge is 2.36. The highest BCUT2D eigenvalue weighted by molar-refractivity contribution is 6.09. The first kappa shape index (κ1) is 32.8. The van der Waals surface area contributed by atoms with Crippen molar-refractivity contribution in [1.29, 1.82) is 0 Å². The fourth-order valence-corrected chi connectivity index (χ4v) is 9.75. The highest BCUT2D eigenvalue weighted by Crippen LogP contribution is 2.52. The third kappa shape index (κ3) is 4.75. The minimum atomic E-state index is -0.104. The Morgan fingerprint density at radius 2 is 0.875 bits per heavy atom. The van der Waals surface area contributed by atoms with Crippen LogP contribution in [0.25, 0.3) is 66.4 Å². The second kappa shape index (κ2) is 11.9. The molecular formula is C54H41NO. The maximum absolute atomic E-state index is 6.43. The summed E-state index contributed by atoms with van der Waals surface area (Å²) in [6.45, 7) is 9.38. The number of para-hydroxylation sites is 2. The molecule has 1 heterocycles. The molecule has 268 valence electrons. The third-order valence-corrected chi connectivity index (χ3v) is 12.7. The summed E-state index contributed by atoms with van der Waals surface area (Å²) in [7, 11) is 0. The molecule has 0 bridgehead atoms. The van der Waals surface area contributed by atoms with E-state index in [0.717, 1.165) is 50.1 Å². The van der Waals surface area contributed by atoms with Crippen molar-refractivity contribution < 1.29 is 4.42 Å². The van der Waals surface area contributed by atoms with Crippen molar-refractivity contribution in [2.45, 2.75) is 38.5 Å². The summed E-state index contributed by atoms with van der Waals surface area (Å²) in [6, 6.07) is 64.6. The zero-order chi connectivity index (χ0) is 37.8. The lowest BCUT2D eigenvalue weighted by Crippen LogP contribution is -2.16. The molecule has 0 amide bonds. The summed E-state index contributed by atoms with van der Waals surface area (Å²) in [5.41, 5.74) is 20.6. The molecule has 2 nitrogen and oxygen atoms in total. The van der Waals surface area contributed by atoms with Crippen LogP contribution in [-0.4, -0.2) is 0 Å². The van der Waals surface area contributed by atoms with Crippen LogP contribution in [0.5, 0.6) is 0 Å². The van der Waals surface area contributed by atoms with Crippen LogP contribution in [0, 0.1) is 0 Å². The van der Waals surface area contributed by atoms with Gasteiger partial charge in [-0.2, -0.15) is 0 Å². The third-order valence-electron chi connectivity index (χ3n) is 12.7. The van der Waals surface area contributed by atoms with Gasteiger partial charge in [0.25, 0.3) is 0 Å². The van der Waals surface area contributed by atoms with Crippen LogP contribution in [-0.2, 0) is 10.8 Å². The van der Waals surface area contributed by atoms with E-state index in [2.05, 4.69) is 196 Å². The average molecular weight is 720 g/mol. The summed E-state index contributed by atoms with van der Waals surface area (Å²) >= 11 is 0. The van der Waals surface area contributed by atoms with Crippen molar-refractivity contribution in [2.24, 2.45) is 0 Å². The topological polar surface area (TPSA) is 16.4 Å². The van der Waals surface area contributed by atoms with Gasteiger partial charge in [-0.05, 0) is 110 Å². The van der Waals surface area contributed by atoms with E-state index in [1.54, 1.807) is 0 Å². The lowest BCUT2D eigenvalue weighted by atomic mass is 9.82. The maximum Gasteiger partial charge on any atom is 0.143 e. The zero-order valence-corrected chi connectivity index (χ0v) is 32.1. The molecule has 2 aliphatic rings. The second-order valence-electron chi connectivity index (χ2n) is 16.5. The Hall–Kier alpha value is -6.64. The Kier molecular flexibility index (Phi) is 6.98. The number of benzene rings is 8. The lowest BCUT2D eigenvalue weighted by molar-refractivity contribution is 0.660. The van der Waals surface area contributed by atoms with Crippen LogP contribution < -0.4 is 4.90 Å². The quantitative estimate of drug-likeness (QED) is 0.176. The molecule has 9 aromatic rings. The molecule has 56 heavy (non-hydrogen) atoms. The predicted octanol–water partition coefficient (Wildman–Crippen LogP) is 15.0. The van der Waals surface area contributed by atoms with E-state index in [0.29, 0.717) is 0 Å². The maximum atomic E-state index is 6.43. The number of anilines is 3. The fraction of sp³-hybridized carbons (Fsp3) is 0.111. The van der Waals surface area contributed by atoms with Crippen molar-refractivity contribution in [2.75, 3.05) is 4.90 Å². The minimum Gasteiger partial charge on any atom is -0.455 e. The van der Waals surface area contributed by atoms with Gasteiger partial charge in [-0.15, -0.1) is 0 Å². The van der Waals surface area contributed by atoms with E-state index in [-0.39, 0.29) is 10.8 Å². The Bertz CT molecular complexity index is 3010. The molecule has 0 aliphatic heterocycles. The Labute approximate surface area is 328 Å². The van der Waals surface area contributed by atoms with E-state index < -0.39 is 0 Å². The molecule has 0 atom stereocenters. The van der Waals surface area contributed by atoms with Crippen LogP contribution in [0.4, 0.5) is 17.1 Å². The van der Waals surface area contributed by atoms with E-state index in [9.17, 15) is 0 Å². The van der Waals surface area contributed by atoms with E-state index >= 15 is 0 Å². The molecule has 2 aliphatic carbocycles. The molecule has 0 unspecified atom stereocenters. The van der Waals surface area contributed by atoms with Crippen LogP contribution in [0.15, 0.2) is 180 Å². The van der Waals surface area contributed by atoms with E-state index in [4.69, 9.17) is 4.42 Å². The van der Waals surface area contributed by atoms with Crippen molar-refractivity contribution in [3.63, 3.8) is 0 Å². The predicted molar refractivity (Wildman–Crippen MR) is 234 cm³/mol. The monoisotopic (exact) mass is 719 g/mol. The summed E-state index contributed by atoms with van der Waals surface area (Å²) in [6.07, 6.45) is 0. The average Bonchev–Trinajstić information content (AvgIpc) is 3.81. The number of hydrogen-bond acceptors (Lipinski definition) is 2. The first-order chi connectivity index (χ1) is 27.3. The van der Waals surface area contributed by atoms with Gasteiger partial charge < -0.3 is 9.32 Å². The lowest BCUT2D eigenvalue weighted by Gasteiger charge is -2.28. The Morgan fingerprint density at radius 3 is 1.61 bits per heavy atom. The number of nitrogens with zero attached hydrogens (tertiary/aromatic N) is 1.